The first-order chi connectivity index (χ1) is 22.2. The number of rotatable bonds is 11. The quantitative estimate of drug-likeness (QED) is 0.172. The van der Waals surface area contributed by atoms with Crippen LogP contribution in [0.2, 0.25) is 0 Å². The molecule has 3 aromatic rings. The number of benzene rings is 3. The van der Waals surface area contributed by atoms with Crippen molar-refractivity contribution in [1.29, 1.82) is 0 Å². The first kappa shape index (κ1) is 32.2. The lowest BCUT2D eigenvalue weighted by Gasteiger charge is -2.29. The van der Waals surface area contributed by atoms with Crippen LogP contribution in [0.15, 0.2) is 71.6 Å². The molecule has 1 N–H and O–H groups in total. The molecule has 238 valence electrons. The lowest BCUT2D eigenvalue weighted by Crippen LogP contribution is -2.44. The van der Waals surface area contributed by atoms with E-state index in [2.05, 4.69) is 10.2 Å². The first-order valence-electron chi connectivity index (χ1n) is 14.8. The predicted octanol–water partition coefficient (Wildman–Crippen LogP) is 5.08. The van der Waals surface area contributed by atoms with Gasteiger partial charge < -0.3 is 19.9 Å². The summed E-state index contributed by atoms with van der Waals surface area (Å²) in [6.45, 7) is 5.61. The maximum absolute atomic E-state index is 13.3. The molecular weight excluding hydrogens is 610 g/mol. The third kappa shape index (κ3) is 7.37. The number of carbonyl (C=O) groups is 4. The Labute approximate surface area is 270 Å². The summed E-state index contributed by atoms with van der Waals surface area (Å²) in [5.41, 5.74) is 3.62. The predicted molar refractivity (Wildman–Crippen MR) is 175 cm³/mol. The number of carbonyl (C=O) groups excluding carboxylic acids is 4. The van der Waals surface area contributed by atoms with Crippen LogP contribution in [0.4, 0.5) is 21.9 Å². The summed E-state index contributed by atoms with van der Waals surface area (Å²) >= 11 is 0.739. The number of nitrogens with one attached hydrogen (secondary N) is 1. The topological polar surface area (TPSA) is 142 Å². The Morgan fingerprint density at radius 1 is 1.04 bits per heavy atom. The number of non-ortho nitro benzene ring substituents is 1. The molecule has 0 bridgehead atoms. The summed E-state index contributed by atoms with van der Waals surface area (Å²) in [4.78, 5) is 67.4. The maximum Gasteiger partial charge on any atom is 0.294 e. The molecule has 46 heavy (non-hydrogen) atoms. The van der Waals surface area contributed by atoms with Crippen molar-refractivity contribution >= 4 is 57.9 Å². The average Bonchev–Trinajstić information content (AvgIpc) is 3.32. The van der Waals surface area contributed by atoms with Gasteiger partial charge in [-0.1, -0.05) is 30.3 Å². The van der Waals surface area contributed by atoms with Crippen molar-refractivity contribution in [1.82, 2.24) is 9.80 Å². The van der Waals surface area contributed by atoms with Crippen molar-refractivity contribution in [2.75, 3.05) is 43.0 Å². The molecule has 0 unspecified atom stereocenters. The normalized spacial score (nSPS) is 15.1. The Bertz CT molecular complexity index is 1720. The number of nitro groups is 1. The molecule has 0 spiro atoms. The van der Waals surface area contributed by atoms with Crippen LogP contribution >= 0.6 is 11.8 Å². The van der Waals surface area contributed by atoms with Gasteiger partial charge in [-0.25, -0.2) is 0 Å². The highest BCUT2D eigenvalue weighted by Gasteiger charge is 2.37. The van der Waals surface area contributed by atoms with Crippen LogP contribution in [0.3, 0.4) is 0 Å². The van der Waals surface area contributed by atoms with Gasteiger partial charge in [-0.2, -0.15) is 0 Å². The molecule has 0 aromatic heterocycles. The summed E-state index contributed by atoms with van der Waals surface area (Å²) in [6.07, 6.45) is 2.23. The zero-order chi connectivity index (χ0) is 32.8. The van der Waals surface area contributed by atoms with Gasteiger partial charge >= 0.3 is 0 Å². The highest BCUT2D eigenvalue weighted by Crippen LogP contribution is 2.35. The molecule has 0 saturated carbocycles. The number of anilines is 2. The van der Waals surface area contributed by atoms with Gasteiger partial charge in [-0.3, -0.25) is 34.2 Å². The van der Waals surface area contributed by atoms with Crippen molar-refractivity contribution in [2.24, 2.45) is 0 Å². The molecule has 13 heteroatoms. The Morgan fingerprint density at radius 3 is 2.54 bits per heavy atom. The first-order valence-corrected chi connectivity index (χ1v) is 15.6. The van der Waals surface area contributed by atoms with E-state index >= 15 is 0 Å². The van der Waals surface area contributed by atoms with Crippen LogP contribution in [-0.4, -0.2) is 70.5 Å². The van der Waals surface area contributed by atoms with Crippen LogP contribution in [0.5, 0.6) is 5.75 Å². The van der Waals surface area contributed by atoms with Crippen molar-refractivity contribution in [3.8, 4) is 5.75 Å². The van der Waals surface area contributed by atoms with Crippen LogP contribution < -0.4 is 15.0 Å². The molecule has 3 aromatic carbocycles. The summed E-state index contributed by atoms with van der Waals surface area (Å²) in [7, 11) is 0. The summed E-state index contributed by atoms with van der Waals surface area (Å²) in [5.74, 6) is -1.13. The molecule has 4 amide bonds. The molecule has 2 heterocycles. The monoisotopic (exact) mass is 643 g/mol. The smallest absolute Gasteiger partial charge is 0.294 e. The number of nitro benzene ring substituents is 1. The third-order valence-electron chi connectivity index (χ3n) is 7.76. The van der Waals surface area contributed by atoms with Crippen LogP contribution in [0.1, 0.15) is 30.5 Å². The van der Waals surface area contributed by atoms with E-state index in [-0.39, 0.29) is 28.7 Å². The fraction of sp³-hybridized carbons (Fsp3) is 0.273. The van der Waals surface area contributed by atoms with E-state index in [1.807, 2.05) is 44.2 Å². The molecule has 2 aliphatic rings. The molecule has 12 nitrogen and oxygen atoms in total. The van der Waals surface area contributed by atoms with Crippen LogP contribution in [-0.2, 0) is 27.3 Å². The molecule has 0 aliphatic carbocycles. The third-order valence-corrected chi connectivity index (χ3v) is 8.67. The summed E-state index contributed by atoms with van der Waals surface area (Å²) < 4.78 is 5.90. The number of nitrogens with zero attached hydrogens (tertiary/aromatic N) is 4. The largest absolute Gasteiger partial charge is 0.483 e. The molecular formula is C33H33N5O7S. The molecule has 5 rings (SSSR count). The Balaban J connectivity index is 1.31. The number of imide groups is 1. The summed E-state index contributed by atoms with van der Waals surface area (Å²) in [5, 5.41) is 13.1. The van der Waals surface area contributed by atoms with Gasteiger partial charge in [0.15, 0.2) is 6.61 Å². The van der Waals surface area contributed by atoms with Crippen LogP contribution in [0.25, 0.3) is 6.08 Å². The van der Waals surface area contributed by atoms with E-state index in [0.717, 1.165) is 41.0 Å². The van der Waals surface area contributed by atoms with Gasteiger partial charge in [-0.05, 0) is 67.4 Å². The maximum atomic E-state index is 13.3. The van der Waals surface area contributed by atoms with Gasteiger partial charge in [0.05, 0.1) is 9.83 Å². The molecule has 1 fully saturated rings. The molecule has 2 aliphatic heterocycles. The Kier molecular flexibility index (Phi) is 10.0. The van der Waals surface area contributed by atoms with E-state index in [1.54, 1.807) is 17.0 Å². The van der Waals surface area contributed by atoms with E-state index in [0.29, 0.717) is 30.8 Å². The number of thioether (sulfide) groups is 1. The average molecular weight is 644 g/mol. The minimum absolute atomic E-state index is 0.128. The number of ether oxygens (including phenoxy) is 1. The van der Waals surface area contributed by atoms with Crippen molar-refractivity contribution < 1.29 is 28.8 Å². The van der Waals surface area contributed by atoms with E-state index < -0.39 is 28.6 Å². The van der Waals surface area contributed by atoms with Gasteiger partial charge in [-0.15, -0.1) is 0 Å². The number of fused-ring (bicyclic) bond motifs is 1. The van der Waals surface area contributed by atoms with Crippen molar-refractivity contribution in [3.63, 3.8) is 0 Å². The molecule has 1 saturated heterocycles. The SMILES string of the molecule is CCN(CC)c1ccc(/C=C2/SC(=O)N(CC(=O)N3CCc4ccccc4C3)C2=O)c(OCC(=O)Nc2cccc([N+](=O)[O-])c2)c1. The van der Waals surface area contributed by atoms with Gasteiger partial charge in [0.2, 0.25) is 5.91 Å². The van der Waals surface area contributed by atoms with E-state index in [1.165, 1.54) is 35.9 Å². The highest BCUT2D eigenvalue weighted by molar-refractivity contribution is 8.18. The molecule has 0 radical (unpaired) electrons. The van der Waals surface area contributed by atoms with Gasteiger partial charge in [0, 0.05) is 61.3 Å². The van der Waals surface area contributed by atoms with E-state index in [4.69, 9.17) is 4.74 Å². The lowest BCUT2D eigenvalue weighted by atomic mass is 10.00. The number of hydrogen-bond donors (Lipinski definition) is 1. The second-order valence-electron chi connectivity index (χ2n) is 10.6. The zero-order valence-electron chi connectivity index (χ0n) is 25.4. The van der Waals surface area contributed by atoms with Gasteiger partial charge in [0.25, 0.3) is 22.7 Å². The second kappa shape index (κ2) is 14.3. The second-order valence-corrected chi connectivity index (χ2v) is 11.6. The Hall–Kier alpha value is -5.17. The van der Waals surface area contributed by atoms with Crippen molar-refractivity contribution in [2.45, 2.75) is 26.8 Å². The molecule has 0 atom stereocenters. The minimum atomic E-state index is -0.581. The number of amides is 4. The van der Waals surface area contributed by atoms with Gasteiger partial charge in [0.1, 0.15) is 12.3 Å². The Morgan fingerprint density at radius 2 is 1.80 bits per heavy atom. The fourth-order valence-electron chi connectivity index (χ4n) is 5.31. The standard InChI is InChI=1S/C33H33N5O7S/c1-3-35(4-2)26-13-12-23(28(18-26)45-21-30(39)34-25-10-7-11-27(17-25)38(43)44)16-29-32(41)37(33(42)46-29)20-31(40)36-15-14-22-8-5-6-9-24(22)19-36/h5-13,16-18H,3-4,14-15,19-21H2,1-2H3,(H,34,39)/b29-16+. The zero-order valence-corrected chi connectivity index (χ0v) is 26.2. The van der Waals surface area contributed by atoms with Crippen LogP contribution in [0, 0.1) is 10.1 Å². The van der Waals surface area contributed by atoms with E-state index in [9.17, 15) is 29.3 Å². The fourth-order valence-corrected chi connectivity index (χ4v) is 6.14. The lowest BCUT2D eigenvalue weighted by molar-refractivity contribution is -0.384. The van der Waals surface area contributed by atoms with Crippen molar-refractivity contribution in [3.05, 3.63) is 98.4 Å². The summed E-state index contributed by atoms with van der Waals surface area (Å²) in [6, 6.07) is 18.8. The highest BCUT2D eigenvalue weighted by atomic mass is 32.2. The minimum Gasteiger partial charge on any atom is -0.483 e. The number of hydrogen-bond acceptors (Lipinski definition) is 9.